The second-order valence-electron chi connectivity index (χ2n) is 7.89. The number of halogens is 1. The molecule has 1 amide bonds. The maximum Gasteiger partial charge on any atom is 0.262 e. The van der Waals surface area contributed by atoms with Crippen LogP contribution in [0, 0.1) is 5.92 Å². The van der Waals surface area contributed by atoms with Crippen molar-refractivity contribution in [3.63, 3.8) is 0 Å². The molecule has 1 aromatic carbocycles. The van der Waals surface area contributed by atoms with Crippen molar-refractivity contribution in [1.82, 2.24) is 19.4 Å². The molecule has 1 unspecified atom stereocenters. The Morgan fingerprint density at radius 3 is 2.52 bits per heavy atom. The Kier molecular flexibility index (Phi) is 7.24. The number of nitrogens with zero attached hydrogens (tertiary/aromatic N) is 4. The molecule has 6 nitrogen and oxygen atoms in total. The lowest BCUT2D eigenvalue weighted by atomic mass is 10.2. The van der Waals surface area contributed by atoms with Gasteiger partial charge in [-0.2, -0.15) is 0 Å². The number of rotatable bonds is 6. The van der Waals surface area contributed by atoms with Crippen LogP contribution in [-0.4, -0.2) is 63.2 Å². The topological polar surface area (TPSA) is 58.4 Å². The van der Waals surface area contributed by atoms with E-state index in [0.29, 0.717) is 27.6 Å². The van der Waals surface area contributed by atoms with E-state index in [1.54, 1.807) is 22.8 Å². The van der Waals surface area contributed by atoms with Crippen LogP contribution in [0.3, 0.4) is 0 Å². The van der Waals surface area contributed by atoms with Gasteiger partial charge in [-0.3, -0.25) is 14.2 Å². The molecule has 1 fully saturated rings. The molecule has 0 radical (unpaired) electrons. The number of fused-ring (bicyclic) bond motifs is 1. The SMILES string of the molecule is CCN1CCN(C(=O)C(C)Sc2nc3ccc(Cl)cc3c(=O)n2CC(C)C)CC1. The third-order valence-electron chi connectivity index (χ3n) is 5.19. The summed E-state index contributed by atoms with van der Waals surface area (Å²) in [5.41, 5.74) is 0.503. The van der Waals surface area contributed by atoms with Gasteiger partial charge >= 0.3 is 0 Å². The summed E-state index contributed by atoms with van der Waals surface area (Å²) in [4.78, 5) is 35.1. The predicted molar refractivity (Wildman–Crippen MR) is 120 cm³/mol. The number of benzene rings is 1. The molecule has 0 N–H and O–H groups in total. The molecule has 1 aliphatic rings. The standard InChI is InChI=1S/C21H29ClN4O2S/c1-5-24-8-10-25(11-9-24)19(27)15(4)29-21-23-18-7-6-16(22)12-17(18)20(28)26(21)13-14(2)3/h6-7,12,14-15H,5,8-11,13H2,1-4H3. The van der Waals surface area contributed by atoms with Gasteiger partial charge in [-0.05, 0) is 37.6 Å². The lowest BCUT2D eigenvalue weighted by Gasteiger charge is -2.35. The van der Waals surface area contributed by atoms with Crippen LogP contribution in [0.15, 0.2) is 28.2 Å². The average Bonchev–Trinajstić information content (AvgIpc) is 2.70. The van der Waals surface area contributed by atoms with Gasteiger partial charge in [-0.15, -0.1) is 0 Å². The first-order valence-electron chi connectivity index (χ1n) is 10.2. The maximum atomic E-state index is 13.1. The quantitative estimate of drug-likeness (QED) is 0.513. The van der Waals surface area contributed by atoms with Crippen LogP contribution >= 0.6 is 23.4 Å². The van der Waals surface area contributed by atoms with Gasteiger partial charge in [-0.1, -0.05) is 44.1 Å². The summed E-state index contributed by atoms with van der Waals surface area (Å²) in [5.74, 6) is 0.380. The predicted octanol–water partition coefficient (Wildman–Crippen LogP) is 3.35. The van der Waals surface area contributed by atoms with Gasteiger partial charge in [0.25, 0.3) is 5.56 Å². The van der Waals surface area contributed by atoms with Gasteiger partial charge in [0, 0.05) is 37.7 Å². The van der Waals surface area contributed by atoms with Gasteiger partial charge < -0.3 is 9.80 Å². The summed E-state index contributed by atoms with van der Waals surface area (Å²) >= 11 is 7.45. The minimum atomic E-state index is -0.307. The van der Waals surface area contributed by atoms with Crippen molar-refractivity contribution in [1.29, 1.82) is 0 Å². The minimum Gasteiger partial charge on any atom is -0.339 e. The van der Waals surface area contributed by atoms with Crippen LogP contribution in [-0.2, 0) is 11.3 Å². The summed E-state index contributed by atoms with van der Waals surface area (Å²) in [5, 5.41) is 1.31. The molecule has 1 aliphatic heterocycles. The maximum absolute atomic E-state index is 13.1. The Hall–Kier alpha value is -1.57. The second-order valence-corrected chi connectivity index (χ2v) is 9.63. The van der Waals surface area contributed by atoms with Crippen molar-refractivity contribution in [3.8, 4) is 0 Å². The molecule has 2 aromatic rings. The van der Waals surface area contributed by atoms with Gasteiger partial charge in [0.2, 0.25) is 5.91 Å². The zero-order valence-electron chi connectivity index (χ0n) is 17.5. The van der Waals surface area contributed by atoms with Gasteiger partial charge in [0.1, 0.15) is 0 Å². The summed E-state index contributed by atoms with van der Waals surface area (Å²) in [6.45, 7) is 13.0. The first kappa shape index (κ1) is 22.1. The Bertz CT molecular complexity index is 938. The fourth-order valence-corrected chi connectivity index (χ4v) is 4.71. The van der Waals surface area contributed by atoms with E-state index >= 15 is 0 Å². The third-order valence-corrected chi connectivity index (χ3v) is 6.50. The van der Waals surface area contributed by atoms with Crippen LogP contribution in [0.25, 0.3) is 10.9 Å². The zero-order valence-corrected chi connectivity index (χ0v) is 19.1. The minimum absolute atomic E-state index is 0.104. The number of amides is 1. The largest absolute Gasteiger partial charge is 0.339 e. The van der Waals surface area contributed by atoms with E-state index < -0.39 is 0 Å². The molecule has 2 heterocycles. The Morgan fingerprint density at radius 1 is 1.21 bits per heavy atom. The highest BCUT2D eigenvalue weighted by atomic mass is 35.5. The smallest absolute Gasteiger partial charge is 0.262 e. The molecular formula is C21H29ClN4O2S. The van der Waals surface area contributed by atoms with Crippen molar-refractivity contribution in [3.05, 3.63) is 33.6 Å². The van der Waals surface area contributed by atoms with Crippen molar-refractivity contribution < 1.29 is 4.79 Å². The number of hydrogen-bond acceptors (Lipinski definition) is 5. The highest BCUT2D eigenvalue weighted by Crippen LogP contribution is 2.26. The van der Waals surface area contributed by atoms with E-state index in [9.17, 15) is 9.59 Å². The van der Waals surface area contributed by atoms with E-state index in [1.165, 1.54) is 11.8 Å². The van der Waals surface area contributed by atoms with E-state index in [0.717, 1.165) is 32.7 Å². The third kappa shape index (κ3) is 5.13. The van der Waals surface area contributed by atoms with Crippen molar-refractivity contribution in [2.24, 2.45) is 5.92 Å². The van der Waals surface area contributed by atoms with Crippen LogP contribution in [0.1, 0.15) is 27.7 Å². The molecule has 1 aromatic heterocycles. The second kappa shape index (κ2) is 9.49. The normalized spacial score (nSPS) is 16.6. The number of hydrogen-bond donors (Lipinski definition) is 0. The van der Waals surface area contributed by atoms with Crippen LogP contribution in [0.4, 0.5) is 0 Å². The summed E-state index contributed by atoms with van der Waals surface area (Å²) in [7, 11) is 0. The molecule has 3 rings (SSSR count). The molecule has 158 valence electrons. The average molecular weight is 437 g/mol. The number of carbonyl (C=O) groups is 1. The zero-order chi connectivity index (χ0) is 21.1. The van der Waals surface area contributed by atoms with Crippen molar-refractivity contribution in [2.75, 3.05) is 32.7 Å². The van der Waals surface area contributed by atoms with E-state index in [-0.39, 0.29) is 22.6 Å². The molecule has 0 bridgehead atoms. The van der Waals surface area contributed by atoms with Crippen LogP contribution in [0.5, 0.6) is 0 Å². The number of thioether (sulfide) groups is 1. The molecule has 29 heavy (non-hydrogen) atoms. The molecule has 0 aliphatic carbocycles. The summed E-state index contributed by atoms with van der Waals surface area (Å²) in [6.07, 6.45) is 0. The summed E-state index contributed by atoms with van der Waals surface area (Å²) < 4.78 is 1.69. The van der Waals surface area contributed by atoms with Gasteiger partial charge in [0.15, 0.2) is 5.16 Å². The Labute approximate surface area is 181 Å². The molecule has 1 saturated heterocycles. The molecule has 0 spiro atoms. The van der Waals surface area contributed by atoms with Crippen molar-refractivity contribution >= 4 is 40.2 Å². The Balaban J connectivity index is 1.87. The number of aromatic nitrogens is 2. The molecule has 0 saturated carbocycles. The number of piperazine rings is 1. The van der Waals surface area contributed by atoms with Gasteiger partial charge in [-0.25, -0.2) is 4.98 Å². The van der Waals surface area contributed by atoms with E-state index in [4.69, 9.17) is 16.6 Å². The Morgan fingerprint density at radius 2 is 1.90 bits per heavy atom. The fraction of sp³-hybridized carbons (Fsp3) is 0.571. The highest BCUT2D eigenvalue weighted by molar-refractivity contribution is 8.00. The highest BCUT2D eigenvalue weighted by Gasteiger charge is 2.26. The summed E-state index contributed by atoms with van der Waals surface area (Å²) in [6, 6.07) is 5.16. The molecular weight excluding hydrogens is 408 g/mol. The molecule has 1 atom stereocenters. The van der Waals surface area contributed by atoms with E-state index in [1.807, 2.05) is 11.8 Å². The lowest BCUT2D eigenvalue weighted by molar-refractivity contribution is -0.132. The first-order chi connectivity index (χ1) is 13.8. The monoisotopic (exact) mass is 436 g/mol. The van der Waals surface area contributed by atoms with Crippen LogP contribution in [0.2, 0.25) is 5.02 Å². The fourth-order valence-electron chi connectivity index (χ4n) is 3.54. The number of carbonyl (C=O) groups excluding carboxylic acids is 1. The van der Waals surface area contributed by atoms with E-state index in [2.05, 4.69) is 25.7 Å². The first-order valence-corrected chi connectivity index (χ1v) is 11.4. The number of likely N-dealkylation sites (N-methyl/N-ethyl adjacent to an activating group) is 1. The van der Waals surface area contributed by atoms with Crippen molar-refractivity contribution in [2.45, 2.75) is 44.6 Å². The van der Waals surface area contributed by atoms with Gasteiger partial charge in [0.05, 0.1) is 16.2 Å². The lowest BCUT2D eigenvalue weighted by Crippen LogP contribution is -2.50. The van der Waals surface area contributed by atoms with Crippen LogP contribution < -0.4 is 5.56 Å². The molecule has 8 heteroatoms.